The van der Waals surface area contributed by atoms with Crippen LogP contribution >= 0.6 is 0 Å². The zero-order valence-corrected chi connectivity index (χ0v) is 10.7. The van der Waals surface area contributed by atoms with Gasteiger partial charge in [0.2, 0.25) is 0 Å². The van der Waals surface area contributed by atoms with Crippen molar-refractivity contribution in [2.45, 2.75) is 6.92 Å². The van der Waals surface area contributed by atoms with Crippen LogP contribution in [0.4, 0.5) is 5.69 Å². The number of hydrogen-bond donors (Lipinski definition) is 2. The summed E-state index contributed by atoms with van der Waals surface area (Å²) < 4.78 is 6.25. The Balaban J connectivity index is 2.33. The highest BCUT2D eigenvalue weighted by Crippen LogP contribution is 2.19. The number of aromatic carboxylic acids is 1. The Morgan fingerprint density at radius 2 is 2.15 bits per heavy atom. The van der Waals surface area contributed by atoms with E-state index < -0.39 is 11.9 Å². The fraction of sp³-hybridized carbons (Fsp3) is 0.154. The van der Waals surface area contributed by atoms with Crippen molar-refractivity contribution in [1.29, 1.82) is 0 Å². The number of anilines is 1. The van der Waals surface area contributed by atoms with Gasteiger partial charge < -0.3 is 15.6 Å². The van der Waals surface area contributed by atoms with Crippen molar-refractivity contribution < 1.29 is 19.4 Å². The van der Waals surface area contributed by atoms with Gasteiger partial charge in [0.1, 0.15) is 0 Å². The second-order valence-corrected chi connectivity index (χ2v) is 3.97. The van der Waals surface area contributed by atoms with E-state index in [0.29, 0.717) is 11.3 Å². The second kappa shape index (κ2) is 5.43. The van der Waals surface area contributed by atoms with Crippen LogP contribution in [0.3, 0.4) is 0 Å². The third-order valence-corrected chi connectivity index (χ3v) is 2.62. The number of esters is 1. The number of carbonyl (C=O) groups excluding carboxylic acids is 1. The monoisotopic (exact) mass is 275 g/mol. The summed E-state index contributed by atoms with van der Waals surface area (Å²) in [6.45, 7) is 1.99. The average Bonchev–Trinajstić information content (AvgIpc) is 2.88. The third kappa shape index (κ3) is 2.61. The number of carboxylic acids is 1. The van der Waals surface area contributed by atoms with E-state index in [-0.39, 0.29) is 17.9 Å². The molecule has 0 aliphatic rings. The van der Waals surface area contributed by atoms with Gasteiger partial charge in [-0.2, -0.15) is 5.10 Å². The Morgan fingerprint density at radius 1 is 1.40 bits per heavy atom. The third-order valence-electron chi connectivity index (χ3n) is 2.62. The first kappa shape index (κ1) is 13.6. The average molecular weight is 275 g/mol. The summed E-state index contributed by atoms with van der Waals surface area (Å²) in [5, 5.41) is 12.9. The molecular formula is C13H13N3O4. The minimum Gasteiger partial charge on any atom is -0.478 e. The van der Waals surface area contributed by atoms with E-state index in [1.165, 1.54) is 35.3 Å². The van der Waals surface area contributed by atoms with Crippen LogP contribution in [0.2, 0.25) is 0 Å². The fourth-order valence-electron chi connectivity index (χ4n) is 1.67. The maximum Gasteiger partial charge on any atom is 0.341 e. The largest absolute Gasteiger partial charge is 0.478 e. The van der Waals surface area contributed by atoms with Crippen LogP contribution in [0.1, 0.15) is 27.6 Å². The van der Waals surface area contributed by atoms with Crippen molar-refractivity contribution in [3.05, 3.63) is 41.7 Å². The molecule has 0 radical (unpaired) electrons. The molecule has 2 aromatic rings. The van der Waals surface area contributed by atoms with Crippen molar-refractivity contribution in [3.8, 4) is 5.69 Å². The maximum absolute atomic E-state index is 11.5. The quantitative estimate of drug-likeness (QED) is 0.643. The lowest BCUT2D eigenvalue weighted by molar-refractivity contribution is 0.0526. The molecule has 0 spiro atoms. The van der Waals surface area contributed by atoms with Crippen molar-refractivity contribution >= 4 is 17.6 Å². The van der Waals surface area contributed by atoms with Crippen molar-refractivity contribution in [3.63, 3.8) is 0 Å². The number of hydrogen-bond acceptors (Lipinski definition) is 5. The molecule has 0 aliphatic carbocycles. The van der Waals surface area contributed by atoms with Crippen molar-refractivity contribution in [2.24, 2.45) is 0 Å². The van der Waals surface area contributed by atoms with Crippen LogP contribution in [0, 0.1) is 0 Å². The predicted octanol–water partition coefficient (Wildman–Crippen LogP) is 1.33. The molecule has 0 saturated heterocycles. The zero-order chi connectivity index (χ0) is 14.7. The molecule has 0 aliphatic heterocycles. The van der Waals surface area contributed by atoms with Crippen LogP contribution in [-0.4, -0.2) is 33.4 Å². The molecule has 0 bridgehead atoms. The van der Waals surface area contributed by atoms with E-state index in [0.717, 1.165) is 0 Å². The minimum absolute atomic E-state index is 0.0871. The summed E-state index contributed by atoms with van der Waals surface area (Å²) in [5.41, 5.74) is 6.93. The number of rotatable bonds is 4. The number of aromatic nitrogens is 2. The van der Waals surface area contributed by atoms with E-state index in [1.54, 1.807) is 6.92 Å². The molecule has 7 nitrogen and oxygen atoms in total. The molecule has 20 heavy (non-hydrogen) atoms. The lowest BCUT2D eigenvalue weighted by atomic mass is 10.2. The van der Waals surface area contributed by atoms with Crippen molar-refractivity contribution in [1.82, 2.24) is 9.78 Å². The standard InChI is InChI=1S/C13H13N3O4/c1-2-20-13(19)9-6-15-16(7-9)11-4-3-8(12(17)18)5-10(11)14/h3-7H,2,14H2,1H3,(H,17,18). The summed E-state index contributed by atoms with van der Waals surface area (Å²) in [6.07, 6.45) is 2.84. The summed E-state index contributed by atoms with van der Waals surface area (Å²) >= 11 is 0. The molecule has 104 valence electrons. The molecule has 1 aromatic carbocycles. The number of carboxylic acid groups (broad SMARTS) is 1. The number of nitrogen functional groups attached to an aromatic ring is 1. The smallest absolute Gasteiger partial charge is 0.341 e. The molecule has 0 unspecified atom stereocenters. The van der Waals surface area contributed by atoms with E-state index in [4.69, 9.17) is 15.6 Å². The Kier molecular flexibility index (Phi) is 3.69. The maximum atomic E-state index is 11.5. The summed E-state index contributed by atoms with van der Waals surface area (Å²) in [6, 6.07) is 4.28. The van der Waals surface area contributed by atoms with Crippen LogP contribution in [0.5, 0.6) is 0 Å². The first-order chi connectivity index (χ1) is 9.52. The van der Waals surface area contributed by atoms with Crippen LogP contribution in [0.15, 0.2) is 30.6 Å². The molecule has 0 amide bonds. The molecular weight excluding hydrogens is 262 g/mol. The number of nitrogens with two attached hydrogens (primary N) is 1. The highest BCUT2D eigenvalue weighted by atomic mass is 16.5. The van der Waals surface area contributed by atoms with Gasteiger partial charge in [-0.15, -0.1) is 0 Å². The van der Waals surface area contributed by atoms with Gasteiger partial charge in [0, 0.05) is 6.20 Å². The lowest BCUT2D eigenvalue weighted by Crippen LogP contribution is -2.05. The van der Waals surface area contributed by atoms with Gasteiger partial charge in [0.25, 0.3) is 0 Å². The van der Waals surface area contributed by atoms with E-state index in [2.05, 4.69) is 5.10 Å². The van der Waals surface area contributed by atoms with Gasteiger partial charge in [-0.1, -0.05) is 0 Å². The first-order valence-corrected chi connectivity index (χ1v) is 5.88. The summed E-state index contributed by atoms with van der Waals surface area (Å²) in [7, 11) is 0. The minimum atomic E-state index is -1.06. The van der Waals surface area contributed by atoms with E-state index in [9.17, 15) is 9.59 Å². The number of nitrogens with zero attached hydrogens (tertiary/aromatic N) is 2. The summed E-state index contributed by atoms with van der Waals surface area (Å²) in [5.74, 6) is -1.53. The second-order valence-electron chi connectivity index (χ2n) is 3.97. The molecule has 2 rings (SSSR count). The SMILES string of the molecule is CCOC(=O)c1cnn(-c2ccc(C(=O)O)cc2N)c1. The number of benzene rings is 1. The van der Waals surface area contributed by atoms with Gasteiger partial charge in [-0.05, 0) is 25.1 Å². The summed E-state index contributed by atoms with van der Waals surface area (Å²) in [4.78, 5) is 22.4. The molecule has 1 aromatic heterocycles. The van der Waals surface area contributed by atoms with E-state index >= 15 is 0 Å². The normalized spacial score (nSPS) is 10.2. The molecule has 0 saturated carbocycles. The molecule has 0 atom stereocenters. The van der Waals surface area contributed by atoms with E-state index in [1.807, 2.05) is 0 Å². The molecule has 1 heterocycles. The number of carbonyl (C=O) groups is 2. The zero-order valence-electron chi connectivity index (χ0n) is 10.7. The first-order valence-electron chi connectivity index (χ1n) is 5.88. The van der Waals surface area contributed by atoms with Gasteiger partial charge in [-0.25, -0.2) is 14.3 Å². The Hall–Kier alpha value is -2.83. The molecule has 0 fully saturated rings. The highest BCUT2D eigenvalue weighted by molar-refractivity contribution is 5.90. The molecule has 3 N–H and O–H groups in total. The molecule has 7 heteroatoms. The van der Waals surface area contributed by atoms with Crippen molar-refractivity contribution in [2.75, 3.05) is 12.3 Å². The Labute approximate surface area is 114 Å². The fourth-order valence-corrected chi connectivity index (χ4v) is 1.67. The van der Waals surface area contributed by atoms with Gasteiger partial charge >= 0.3 is 11.9 Å². The topological polar surface area (TPSA) is 107 Å². The number of ether oxygens (including phenoxy) is 1. The predicted molar refractivity (Wildman–Crippen MR) is 70.9 cm³/mol. The van der Waals surface area contributed by atoms with Gasteiger partial charge in [-0.3, -0.25) is 0 Å². The van der Waals surface area contributed by atoms with Crippen LogP contribution in [-0.2, 0) is 4.74 Å². The Morgan fingerprint density at radius 3 is 2.75 bits per heavy atom. The van der Waals surface area contributed by atoms with Gasteiger partial charge in [0.05, 0.1) is 35.3 Å². The van der Waals surface area contributed by atoms with Crippen LogP contribution < -0.4 is 5.73 Å². The highest BCUT2D eigenvalue weighted by Gasteiger charge is 2.12. The van der Waals surface area contributed by atoms with Crippen LogP contribution in [0.25, 0.3) is 5.69 Å². The lowest BCUT2D eigenvalue weighted by Gasteiger charge is -2.06. The Bertz CT molecular complexity index is 663. The van der Waals surface area contributed by atoms with Gasteiger partial charge in [0.15, 0.2) is 0 Å².